The van der Waals surface area contributed by atoms with Crippen molar-refractivity contribution in [1.82, 2.24) is 4.90 Å². The molecular formula is C24H24F3NO5. The van der Waals surface area contributed by atoms with Crippen molar-refractivity contribution in [2.75, 3.05) is 20.2 Å². The Balaban J connectivity index is 1.87. The first-order valence-corrected chi connectivity index (χ1v) is 10.6. The molecule has 1 aliphatic rings. The van der Waals surface area contributed by atoms with E-state index >= 15 is 0 Å². The smallest absolute Gasteiger partial charge is 0.453 e. The molecule has 1 atom stereocenters. The van der Waals surface area contributed by atoms with E-state index in [1.165, 1.54) is 31.4 Å². The summed E-state index contributed by atoms with van der Waals surface area (Å²) in [6, 6.07) is 8.60. The van der Waals surface area contributed by atoms with Gasteiger partial charge < -0.3 is 19.0 Å². The van der Waals surface area contributed by atoms with Crippen LogP contribution in [0.3, 0.4) is 0 Å². The van der Waals surface area contributed by atoms with Crippen LogP contribution in [0.4, 0.5) is 13.2 Å². The first kappa shape index (κ1) is 23.0. The summed E-state index contributed by atoms with van der Waals surface area (Å²) >= 11 is 0. The second-order valence-corrected chi connectivity index (χ2v) is 8.26. The molecule has 6 nitrogen and oxygen atoms in total. The Morgan fingerprint density at radius 1 is 1.18 bits per heavy atom. The number of benzene rings is 2. The topological polar surface area (TPSA) is 72.1 Å². The molecule has 1 N–H and O–H groups in total. The third-order valence-electron chi connectivity index (χ3n) is 5.76. The molecular weight excluding hydrogens is 439 g/mol. The lowest BCUT2D eigenvalue weighted by Gasteiger charge is -2.31. The number of aromatic hydroxyl groups is 1. The minimum Gasteiger partial charge on any atom is -0.507 e. The zero-order valence-corrected chi connectivity index (χ0v) is 18.2. The molecule has 0 radical (unpaired) electrons. The standard InChI is InChI=1S/C24H24F3NO5/c1-14-6-5-11-28(12-14)13-16-17(29)10-9-15-20(30)22(23(24(25,26)27)33-21(15)16)32-19-8-4-3-7-18(19)31-2/h3-4,7-10,14,29H,5-6,11-13H2,1-2H3. The van der Waals surface area contributed by atoms with Crippen LogP contribution in [-0.4, -0.2) is 30.2 Å². The third kappa shape index (κ3) is 4.64. The summed E-state index contributed by atoms with van der Waals surface area (Å²) in [5, 5.41) is 10.3. The molecule has 1 aliphatic heterocycles. The summed E-state index contributed by atoms with van der Waals surface area (Å²) in [7, 11) is 1.34. The van der Waals surface area contributed by atoms with Gasteiger partial charge in [0.05, 0.1) is 18.1 Å². The Labute approximate surface area is 188 Å². The predicted octanol–water partition coefficient (Wildman–Crippen LogP) is 5.55. The van der Waals surface area contributed by atoms with Gasteiger partial charge in [-0.2, -0.15) is 13.2 Å². The van der Waals surface area contributed by atoms with E-state index in [-0.39, 0.29) is 40.3 Å². The lowest BCUT2D eigenvalue weighted by atomic mass is 9.99. The van der Waals surface area contributed by atoms with E-state index in [1.807, 2.05) is 4.90 Å². The van der Waals surface area contributed by atoms with Crippen LogP contribution in [0.1, 0.15) is 31.1 Å². The summed E-state index contributed by atoms with van der Waals surface area (Å²) in [5.41, 5.74) is -1.13. The Hall–Kier alpha value is -3.20. The molecule has 1 aromatic heterocycles. The van der Waals surface area contributed by atoms with Gasteiger partial charge >= 0.3 is 6.18 Å². The molecule has 3 aromatic rings. The fourth-order valence-corrected chi connectivity index (χ4v) is 4.19. The number of piperidine rings is 1. The largest absolute Gasteiger partial charge is 0.507 e. The quantitative estimate of drug-likeness (QED) is 0.535. The van der Waals surface area contributed by atoms with Gasteiger partial charge in [-0.05, 0) is 49.6 Å². The number of nitrogens with zero attached hydrogens (tertiary/aromatic N) is 1. The van der Waals surface area contributed by atoms with Gasteiger partial charge in [0.1, 0.15) is 11.3 Å². The van der Waals surface area contributed by atoms with Gasteiger partial charge in [-0.1, -0.05) is 19.1 Å². The van der Waals surface area contributed by atoms with E-state index in [9.17, 15) is 23.1 Å². The molecule has 0 spiro atoms. The molecule has 1 fully saturated rings. The SMILES string of the molecule is COc1ccccc1Oc1c(C(F)(F)F)oc2c(CN3CCCC(C)C3)c(O)ccc2c1=O. The van der Waals surface area contributed by atoms with Gasteiger partial charge in [-0.25, -0.2) is 0 Å². The van der Waals surface area contributed by atoms with E-state index in [0.717, 1.165) is 25.9 Å². The fraction of sp³-hybridized carbons (Fsp3) is 0.375. The number of hydrogen-bond donors (Lipinski definition) is 1. The summed E-state index contributed by atoms with van der Waals surface area (Å²) < 4.78 is 57.7. The Kier molecular flexibility index (Phi) is 6.25. The molecule has 176 valence electrons. The maximum absolute atomic E-state index is 14.0. The number of fused-ring (bicyclic) bond motifs is 1. The lowest BCUT2D eigenvalue weighted by Crippen LogP contribution is -2.33. The van der Waals surface area contributed by atoms with Crippen molar-refractivity contribution < 1.29 is 32.2 Å². The lowest BCUT2D eigenvalue weighted by molar-refractivity contribution is -0.154. The maximum Gasteiger partial charge on any atom is 0.453 e. The monoisotopic (exact) mass is 463 g/mol. The van der Waals surface area contributed by atoms with Crippen LogP contribution < -0.4 is 14.9 Å². The average Bonchev–Trinajstić information content (AvgIpc) is 2.77. The molecule has 9 heteroatoms. The molecule has 2 aromatic carbocycles. The molecule has 1 unspecified atom stereocenters. The Morgan fingerprint density at radius 3 is 2.58 bits per heavy atom. The normalized spacial score (nSPS) is 17.3. The van der Waals surface area contributed by atoms with Crippen LogP contribution in [0.25, 0.3) is 11.0 Å². The number of rotatable bonds is 5. The molecule has 0 aliphatic carbocycles. The summed E-state index contributed by atoms with van der Waals surface area (Å²) in [5.74, 6) is -2.24. The first-order valence-electron chi connectivity index (χ1n) is 10.6. The van der Waals surface area contributed by atoms with Crippen molar-refractivity contribution in [3.8, 4) is 23.0 Å². The second kappa shape index (κ2) is 8.97. The van der Waals surface area contributed by atoms with Crippen LogP contribution in [0, 0.1) is 5.92 Å². The second-order valence-electron chi connectivity index (χ2n) is 8.26. The van der Waals surface area contributed by atoms with E-state index in [0.29, 0.717) is 5.92 Å². The van der Waals surface area contributed by atoms with Gasteiger partial charge in [-0.3, -0.25) is 9.69 Å². The number of ether oxygens (including phenoxy) is 2. The summed E-state index contributed by atoms with van der Waals surface area (Å²) in [6.07, 6.45) is -3.00. The van der Waals surface area contributed by atoms with Gasteiger partial charge in [0.15, 0.2) is 11.5 Å². The molecule has 2 heterocycles. The van der Waals surface area contributed by atoms with Crippen molar-refractivity contribution in [3.63, 3.8) is 0 Å². The number of phenolic OH excluding ortho intramolecular Hbond substituents is 1. The predicted molar refractivity (Wildman–Crippen MR) is 116 cm³/mol. The van der Waals surface area contributed by atoms with Crippen LogP contribution in [0.2, 0.25) is 0 Å². The number of hydrogen-bond acceptors (Lipinski definition) is 6. The van der Waals surface area contributed by atoms with Crippen molar-refractivity contribution in [3.05, 3.63) is 57.9 Å². The molecule has 33 heavy (non-hydrogen) atoms. The minimum atomic E-state index is -5.01. The van der Waals surface area contributed by atoms with Crippen LogP contribution >= 0.6 is 0 Å². The van der Waals surface area contributed by atoms with E-state index < -0.39 is 23.1 Å². The van der Waals surface area contributed by atoms with Crippen molar-refractivity contribution >= 4 is 11.0 Å². The maximum atomic E-state index is 14.0. The highest BCUT2D eigenvalue weighted by Crippen LogP contribution is 2.41. The van der Waals surface area contributed by atoms with Crippen LogP contribution in [0.5, 0.6) is 23.0 Å². The van der Waals surface area contributed by atoms with E-state index in [1.54, 1.807) is 12.1 Å². The molecule has 1 saturated heterocycles. The zero-order chi connectivity index (χ0) is 23.8. The number of phenols is 1. The van der Waals surface area contributed by atoms with Gasteiger partial charge in [-0.15, -0.1) is 0 Å². The zero-order valence-electron chi connectivity index (χ0n) is 18.2. The van der Waals surface area contributed by atoms with E-state index in [4.69, 9.17) is 13.9 Å². The fourth-order valence-electron chi connectivity index (χ4n) is 4.19. The Morgan fingerprint density at radius 2 is 1.91 bits per heavy atom. The minimum absolute atomic E-state index is 0.0570. The number of methoxy groups -OCH3 is 1. The number of para-hydroxylation sites is 2. The molecule has 0 saturated carbocycles. The number of likely N-dealkylation sites (tertiary alicyclic amines) is 1. The highest BCUT2D eigenvalue weighted by molar-refractivity contribution is 5.83. The molecule has 0 bridgehead atoms. The van der Waals surface area contributed by atoms with Crippen molar-refractivity contribution in [2.24, 2.45) is 5.92 Å². The third-order valence-corrected chi connectivity index (χ3v) is 5.76. The van der Waals surface area contributed by atoms with E-state index in [2.05, 4.69) is 6.92 Å². The molecule has 4 rings (SSSR count). The van der Waals surface area contributed by atoms with Gasteiger partial charge in [0, 0.05) is 13.1 Å². The first-order chi connectivity index (χ1) is 15.7. The highest BCUT2D eigenvalue weighted by Gasteiger charge is 2.41. The van der Waals surface area contributed by atoms with Gasteiger partial charge in [0.2, 0.25) is 11.2 Å². The number of alkyl halides is 3. The Bertz CT molecular complexity index is 1220. The summed E-state index contributed by atoms with van der Waals surface area (Å²) in [6.45, 7) is 3.74. The highest BCUT2D eigenvalue weighted by atomic mass is 19.4. The average molecular weight is 463 g/mol. The van der Waals surface area contributed by atoms with Crippen LogP contribution in [-0.2, 0) is 12.7 Å². The van der Waals surface area contributed by atoms with Crippen molar-refractivity contribution in [2.45, 2.75) is 32.5 Å². The van der Waals surface area contributed by atoms with Crippen molar-refractivity contribution in [1.29, 1.82) is 0 Å². The summed E-state index contributed by atoms with van der Waals surface area (Å²) in [4.78, 5) is 15.2. The van der Waals surface area contributed by atoms with Gasteiger partial charge in [0.25, 0.3) is 5.76 Å². The van der Waals surface area contributed by atoms with Crippen LogP contribution in [0.15, 0.2) is 45.6 Å². The number of halogens is 3. The molecule has 0 amide bonds.